The van der Waals surface area contributed by atoms with Crippen LogP contribution in [-0.2, 0) is 10.9 Å². The Labute approximate surface area is 239 Å². The van der Waals surface area contributed by atoms with Crippen molar-refractivity contribution in [3.05, 3.63) is 99.3 Å². The van der Waals surface area contributed by atoms with Gasteiger partial charge in [0.05, 0.1) is 34.3 Å². The van der Waals surface area contributed by atoms with Crippen molar-refractivity contribution in [3.63, 3.8) is 0 Å². The lowest BCUT2D eigenvalue weighted by Crippen LogP contribution is -2.20. The minimum Gasteiger partial charge on any atom is -0.494 e. The molecule has 0 fully saturated rings. The van der Waals surface area contributed by atoms with Crippen molar-refractivity contribution in [2.75, 3.05) is 18.5 Å². The molecule has 14 heteroatoms. The third-order valence-corrected chi connectivity index (χ3v) is 6.16. The minimum atomic E-state index is -5.13. The summed E-state index contributed by atoms with van der Waals surface area (Å²) in [6, 6.07) is 4.99. The first-order valence-electron chi connectivity index (χ1n) is 11.6. The van der Waals surface area contributed by atoms with Crippen LogP contribution in [0, 0.1) is 0 Å². The Morgan fingerprint density at radius 3 is 2.22 bits per heavy atom. The summed E-state index contributed by atoms with van der Waals surface area (Å²) in [6.45, 7) is 4.79. The molecule has 218 valence electrons. The van der Waals surface area contributed by atoms with Gasteiger partial charge in [-0.1, -0.05) is 41.9 Å². The number of hydrogen-bond donors (Lipinski definition) is 1. The largest absolute Gasteiger partial charge is 0.494 e. The van der Waals surface area contributed by atoms with E-state index < -0.39 is 58.7 Å². The summed E-state index contributed by atoms with van der Waals surface area (Å²) in [4.78, 5) is 20.1. The summed E-state index contributed by atoms with van der Waals surface area (Å²) in [6.07, 6.45) is -7.44. The standard InChI is InChI=1S/C27H20Cl2F7N3O2/c1-3-41-14(2)24-20(28)10-16(11-21(24)29)18(26(31,32)33)12-22(30)15-5-6-17(19(9-15)27(34,35)36)23(40)13-39-25-37-7-4-8-38-25/h4-12,18H,2-3,13H2,1H3,(H,37,38,39)/b22-12-. The first-order valence-corrected chi connectivity index (χ1v) is 12.4. The van der Waals surface area contributed by atoms with Gasteiger partial charge in [-0.25, -0.2) is 14.4 Å². The summed E-state index contributed by atoms with van der Waals surface area (Å²) in [7, 11) is 0. The fourth-order valence-corrected chi connectivity index (χ4v) is 4.44. The van der Waals surface area contributed by atoms with Crippen molar-refractivity contribution >= 4 is 46.5 Å². The molecule has 0 aliphatic carbocycles. The molecule has 1 atom stereocenters. The second-order valence-electron chi connectivity index (χ2n) is 8.36. The summed E-state index contributed by atoms with van der Waals surface area (Å²) >= 11 is 12.2. The zero-order chi connectivity index (χ0) is 30.5. The molecule has 0 amide bonds. The number of anilines is 1. The molecule has 0 bridgehead atoms. The van der Waals surface area contributed by atoms with Gasteiger partial charge in [0.15, 0.2) is 5.78 Å². The van der Waals surface area contributed by atoms with E-state index in [0.717, 1.165) is 18.2 Å². The van der Waals surface area contributed by atoms with Crippen LogP contribution in [0.2, 0.25) is 10.0 Å². The Morgan fingerprint density at radius 2 is 1.68 bits per heavy atom. The molecule has 0 saturated heterocycles. The quantitative estimate of drug-likeness (QED) is 0.139. The third kappa shape index (κ3) is 7.98. The van der Waals surface area contributed by atoms with Crippen LogP contribution in [0.5, 0.6) is 0 Å². The van der Waals surface area contributed by atoms with Crippen molar-refractivity contribution < 1.29 is 40.3 Å². The van der Waals surface area contributed by atoms with Crippen LogP contribution in [0.25, 0.3) is 11.6 Å². The summed E-state index contributed by atoms with van der Waals surface area (Å²) < 4.78 is 104. The van der Waals surface area contributed by atoms with Gasteiger partial charge in [-0.2, -0.15) is 26.3 Å². The maximum Gasteiger partial charge on any atom is 0.417 e. The number of benzene rings is 2. The maximum atomic E-state index is 15.2. The minimum absolute atomic E-state index is 0.000132. The first kappa shape index (κ1) is 31.9. The molecule has 1 heterocycles. The topological polar surface area (TPSA) is 64.1 Å². The Bertz CT molecular complexity index is 1440. The average molecular weight is 622 g/mol. The molecular weight excluding hydrogens is 602 g/mol. The molecule has 41 heavy (non-hydrogen) atoms. The number of aromatic nitrogens is 2. The smallest absolute Gasteiger partial charge is 0.417 e. The highest BCUT2D eigenvalue weighted by Crippen LogP contribution is 2.43. The highest BCUT2D eigenvalue weighted by Gasteiger charge is 2.41. The normalized spacial score (nSPS) is 13.1. The van der Waals surface area contributed by atoms with Crippen LogP contribution >= 0.6 is 23.2 Å². The van der Waals surface area contributed by atoms with Crippen LogP contribution in [0.4, 0.5) is 36.7 Å². The predicted octanol–water partition coefficient (Wildman–Crippen LogP) is 8.76. The van der Waals surface area contributed by atoms with E-state index in [-0.39, 0.29) is 46.1 Å². The molecule has 1 N–H and O–H groups in total. The number of halogens is 9. The van der Waals surface area contributed by atoms with Crippen molar-refractivity contribution in [2.45, 2.75) is 25.2 Å². The van der Waals surface area contributed by atoms with Gasteiger partial charge in [0.25, 0.3) is 0 Å². The average Bonchev–Trinajstić information content (AvgIpc) is 2.89. The third-order valence-electron chi connectivity index (χ3n) is 5.56. The van der Waals surface area contributed by atoms with Gasteiger partial charge in [-0.05, 0) is 42.8 Å². The van der Waals surface area contributed by atoms with Crippen LogP contribution in [0.1, 0.15) is 45.5 Å². The van der Waals surface area contributed by atoms with Crippen LogP contribution in [-0.4, -0.2) is 35.1 Å². The van der Waals surface area contributed by atoms with E-state index in [1.807, 2.05) is 0 Å². The molecule has 1 unspecified atom stereocenters. The lowest BCUT2D eigenvalue weighted by atomic mass is 9.94. The fourth-order valence-electron chi connectivity index (χ4n) is 3.72. The maximum absolute atomic E-state index is 15.2. The number of Topliss-reactive ketones (excluding diaryl/α,β-unsaturated/α-hetero) is 1. The molecule has 3 aromatic rings. The first-order chi connectivity index (χ1) is 19.1. The van der Waals surface area contributed by atoms with Crippen LogP contribution < -0.4 is 5.32 Å². The molecule has 1 aromatic heterocycles. The number of carbonyl (C=O) groups excluding carboxylic acids is 1. The van der Waals surface area contributed by atoms with Gasteiger partial charge < -0.3 is 10.1 Å². The van der Waals surface area contributed by atoms with Crippen LogP contribution in [0.15, 0.2) is 61.4 Å². The number of ketones is 1. The molecule has 2 aromatic carbocycles. The second kappa shape index (κ2) is 12.9. The predicted molar refractivity (Wildman–Crippen MR) is 141 cm³/mol. The van der Waals surface area contributed by atoms with E-state index in [0.29, 0.717) is 6.07 Å². The summed E-state index contributed by atoms with van der Waals surface area (Å²) in [5.74, 6) is -5.32. The number of ether oxygens (including phenoxy) is 1. The van der Waals surface area contributed by atoms with E-state index in [2.05, 4.69) is 21.9 Å². The summed E-state index contributed by atoms with van der Waals surface area (Å²) in [5, 5.41) is 1.95. The number of allylic oxidation sites excluding steroid dienone is 1. The molecule has 0 spiro atoms. The number of alkyl halides is 6. The Balaban J connectivity index is 2.00. The van der Waals surface area contributed by atoms with E-state index in [1.165, 1.54) is 18.5 Å². The molecule has 5 nitrogen and oxygen atoms in total. The highest BCUT2D eigenvalue weighted by atomic mass is 35.5. The van der Waals surface area contributed by atoms with Crippen molar-refractivity contribution in [2.24, 2.45) is 0 Å². The zero-order valence-corrected chi connectivity index (χ0v) is 22.5. The van der Waals surface area contributed by atoms with Crippen molar-refractivity contribution in [1.82, 2.24) is 9.97 Å². The number of carbonyl (C=O) groups is 1. The van der Waals surface area contributed by atoms with E-state index in [4.69, 9.17) is 27.9 Å². The number of nitrogens with one attached hydrogen (secondary N) is 1. The van der Waals surface area contributed by atoms with Crippen molar-refractivity contribution in [3.8, 4) is 0 Å². The van der Waals surface area contributed by atoms with E-state index in [9.17, 15) is 31.1 Å². The fraction of sp³-hybridized carbons (Fsp3) is 0.222. The monoisotopic (exact) mass is 621 g/mol. The van der Waals surface area contributed by atoms with Gasteiger partial charge >= 0.3 is 12.4 Å². The Hall–Kier alpha value is -3.64. The number of hydrogen-bond acceptors (Lipinski definition) is 5. The van der Waals surface area contributed by atoms with E-state index in [1.54, 1.807) is 6.92 Å². The van der Waals surface area contributed by atoms with Gasteiger partial charge in [0.2, 0.25) is 5.95 Å². The Morgan fingerprint density at radius 1 is 1.07 bits per heavy atom. The van der Waals surface area contributed by atoms with Crippen LogP contribution in [0.3, 0.4) is 0 Å². The molecule has 0 saturated carbocycles. The highest BCUT2D eigenvalue weighted by molar-refractivity contribution is 6.37. The number of rotatable bonds is 10. The lowest BCUT2D eigenvalue weighted by molar-refractivity contribution is -0.140. The van der Waals surface area contributed by atoms with Gasteiger partial charge in [0.1, 0.15) is 17.5 Å². The van der Waals surface area contributed by atoms with Gasteiger partial charge in [-0.15, -0.1) is 0 Å². The molecule has 3 rings (SSSR count). The van der Waals surface area contributed by atoms with E-state index >= 15 is 4.39 Å². The van der Waals surface area contributed by atoms with Gasteiger partial charge in [-0.3, -0.25) is 4.79 Å². The Kier molecular flexibility index (Phi) is 10.0. The molecule has 0 aliphatic rings. The molecule has 0 radical (unpaired) electrons. The molecular formula is C27H20Cl2F7N3O2. The SMILES string of the molecule is C=C(OCC)c1c(Cl)cc(C(/C=C(\F)c2ccc(C(=O)CNc3ncccn3)c(C(F)(F)F)c2)C(F)(F)F)cc1Cl. The molecule has 0 aliphatic heterocycles. The zero-order valence-electron chi connectivity index (χ0n) is 21.0. The lowest BCUT2D eigenvalue weighted by Gasteiger charge is -2.20. The van der Waals surface area contributed by atoms with Crippen molar-refractivity contribution in [1.29, 1.82) is 0 Å². The number of nitrogens with zero attached hydrogens (tertiary/aromatic N) is 2. The second-order valence-corrected chi connectivity index (χ2v) is 9.17. The van der Waals surface area contributed by atoms with Gasteiger partial charge in [0, 0.05) is 23.5 Å². The summed E-state index contributed by atoms with van der Waals surface area (Å²) in [5.41, 5.74) is -3.73.